The maximum Gasteiger partial charge on any atom is 0.416 e. The van der Waals surface area contributed by atoms with E-state index < -0.39 is 23.8 Å². The third kappa shape index (κ3) is 8.73. The van der Waals surface area contributed by atoms with Crippen LogP contribution in [0.4, 0.5) is 35.3 Å². The number of morpholine rings is 1. The lowest BCUT2D eigenvalue weighted by molar-refractivity contribution is -0.138. The minimum Gasteiger partial charge on any atom is -0.497 e. The SMILES string of the molecule is CC[C@@H]1C[C@H](Nc2ncc(N3CCOCC3)c(Cc3cc(C#N)cc(C(F)(F)F)c3)n2)c2cc(OC)ccc2N1C(=O)OCCCCC(=O)O. The molecule has 2 aromatic carbocycles. The normalized spacial score (nSPS) is 17.4. The van der Waals surface area contributed by atoms with E-state index in [0.29, 0.717) is 74.8 Å². The number of carboxylic acid groups (broad SMARTS) is 1. The summed E-state index contributed by atoms with van der Waals surface area (Å²) in [4.78, 5) is 37.3. The molecule has 5 rings (SSSR count). The second kappa shape index (κ2) is 16.1. The van der Waals surface area contributed by atoms with Gasteiger partial charge in [-0.25, -0.2) is 14.8 Å². The van der Waals surface area contributed by atoms with Crippen molar-refractivity contribution in [1.82, 2.24) is 9.97 Å². The Balaban J connectivity index is 1.46. The molecule has 1 fully saturated rings. The molecule has 0 spiro atoms. The van der Waals surface area contributed by atoms with Crippen LogP contribution in [-0.4, -0.2) is 73.2 Å². The van der Waals surface area contributed by atoms with Crippen molar-refractivity contribution in [3.8, 4) is 11.8 Å². The maximum absolute atomic E-state index is 13.7. The number of benzene rings is 2. The number of amides is 1. The molecule has 50 heavy (non-hydrogen) atoms. The molecule has 0 aliphatic carbocycles. The number of anilines is 3. The van der Waals surface area contributed by atoms with E-state index in [1.165, 1.54) is 13.2 Å². The first-order valence-corrected chi connectivity index (χ1v) is 16.4. The Labute approximate surface area is 287 Å². The average molecular weight is 697 g/mol. The molecule has 3 aromatic rings. The number of rotatable bonds is 12. The summed E-state index contributed by atoms with van der Waals surface area (Å²) < 4.78 is 57.7. The van der Waals surface area contributed by atoms with Crippen LogP contribution in [0.5, 0.6) is 5.75 Å². The summed E-state index contributed by atoms with van der Waals surface area (Å²) in [6, 6.07) is 9.82. The molecule has 0 unspecified atom stereocenters. The predicted octanol–water partition coefficient (Wildman–Crippen LogP) is 6.34. The topological polar surface area (TPSA) is 150 Å². The van der Waals surface area contributed by atoms with Crippen molar-refractivity contribution in [2.24, 2.45) is 0 Å². The molecule has 1 amide bonds. The number of aliphatic carboxylic acids is 1. The number of nitrogens with zero attached hydrogens (tertiary/aromatic N) is 5. The Morgan fingerprint density at radius 3 is 2.60 bits per heavy atom. The van der Waals surface area contributed by atoms with Crippen LogP contribution in [0.15, 0.2) is 42.6 Å². The molecule has 2 aliphatic rings. The first-order chi connectivity index (χ1) is 24.0. The number of alkyl halides is 3. The number of halogens is 3. The van der Waals surface area contributed by atoms with Crippen molar-refractivity contribution in [3.63, 3.8) is 0 Å². The van der Waals surface area contributed by atoms with Gasteiger partial charge in [0, 0.05) is 37.5 Å². The van der Waals surface area contributed by atoms with Gasteiger partial charge >= 0.3 is 18.2 Å². The van der Waals surface area contributed by atoms with Gasteiger partial charge in [0.25, 0.3) is 0 Å². The van der Waals surface area contributed by atoms with Gasteiger partial charge in [0.1, 0.15) is 5.75 Å². The third-order valence-electron chi connectivity index (χ3n) is 8.74. The van der Waals surface area contributed by atoms with Crippen LogP contribution < -0.4 is 19.9 Å². The molecule has 15 heteroatoms. The molecule has 2 atom stereocenters. The molecule has 2 N–H and O–H groups in total. The molecule has 1 aromatic heterocycles. The quantitative estimate of drug-likeness (QED) is 0.204. The number of ether oxygens (including phenoxy) is 3. The number of aromatic nitrogens is 2. The lowest BCUT2D eigenvalue weighted by atomic mass is 9.90. The Hall–Kier alpha value is -5.10. The van der Waals surface area contributed by atoms with Crippen molar-refractivity contribution in [1.29, 1.82) is 5.26 Å². The van der Waals surface area contributed by atoms with E-state index in [0.717, 1.165) is 17.7 Å². The number of unbranched alkanes of at least 4 members (excludes halogenated alkanes) is 1. The summed E-state index contributed by atoms with van der Waals surface area (Å²) in [5.74, 6) is -0.0994. The van der Waals surface area contributed by atoms with Crippen molar-refractivity contribution >= 4 is 29.4 Å². The van der Waals surface area contributed by atoms with E-state index in [4.69, 9.17) is 24.3 Å². The molecule has 0 saturated carbocycles. The van der Waals surface area contributed by atoms with Gasteiger partial charge in [-0.3, -0.25) is 9.69 Å². The fraction of sp³-hybridized carbons (Fsp3) is 0.457. The largest absolute Gasteiger partial charge is 0.497 e. The summed E-state index contributed by atoms with van der Waals surface area (Å²) in [7, 11) is 1.54. The third-order valence-corrected chi connectivity index (χ3v) is 8.74. The number of methoxy groups -OCH3 is 1. The van der Waals surface area contributed by atoms with Crippen LogP contribution in [0.2, 0.25) is 0 Å². The monoisotopic (exact) mass is 696 g/mol. The van der Waals surface area contributed by atoms with E-state index in [2.05, 4.69) is 10.3 Å². The molecular weight excluding hydrogens is 657 g/mol. The number of fused-ring (bicyclic) bond motifs is 1. The summed E-state index contributed by atoms with van der Waals surface area (Å²) >= 11 is 0. The van der Waals surface area contributed by atoms with Crippen LogP contribution in [0.1, 0.15) is 73.0 Å². The van der Waals surface area contributed by atoms with Crippen molar-refractivity contribution < 1.29 is 42.1 Å². The van der Waals surface area contributed by atoms with Gasteiger partial charge in [0.05, 0.1) is 73.4 Å². The zero-order valence-corrected chi connectivity index (χ0v) is 27.8. The molecule has 1 saturated heterocycles. The van der Waals surface area contributed by atoms with Crippen molar-refractivity contribution in [2.45, 2.75) is 63.7 Å². The first-order valence-electron chi connectivity index (χ1n) is 16.4. The van der Waals surface area contributed by atoms with Gasteiger partial charge in [-0.15, -0.1) is 0 Å². The smallest absolute Gasteiger partial charge is 0.416 e. The zero-order chi connectivity index (χ0) is 35.8. The van der Waals surface area contributed by atoms with E-state index in [-0.39, 0.29) is 48.6 Å². The Morgan fingerprint density at radius 1 is 1.14 bits per heavy atom. The Bertz CT molecular complexity index is 1730. The lowest BCUT2D eigenvalue weighted by Crippen LogP contribution is -2.46. The minimum absolute atomic E-state index is 0.00706. The van der Waals surface area contributed by atoms with E-state index in [1.54, 1.807) is 23.2 Å². The highest BCUT2D eigenvalue weighted by Crippen LogP contribution is 2.42. The number of hydrogen-bond acceptors (Lipinski definition) is 10. The van der Waals surface area contributed by atoms with Crippen molar-refractivity contribution in [3.05, 3.63) is 70.5 Å². The lowest BCUT2D eigenvalue weighted by Gasteiger charge is -2.40. The van der Waals surface area contributed by atoms with Crippen LogP contribution in [-0.2, 0) is 26.9 Å². The van der Waals surface area contributed by atoms with Crippen LogP contribution in [0, 0.1) is 11.3 Å². The second-order valence-corrected chi connectivity index (χ2v) is 12.1. The maximum atomic E-state index is 13.7. The molecule has 2 aliphatic heterocycles. The molecule has 12 nitrogen and oxygen atoms in total. The summed E-state index contributed by atoms with van der Waals surface area (Å²) in [5.41, 5.74) is 1.75. The molecular formula is C35H39F3N6O6. The van der Waals surface area contributed by atoms with E-state index in [9.17, 15) is 28.0 Å². The van der Waals surface area contributed by atoms with Gasteiger partial charge in [0.2, 0.25) is 5.95 Å². The first kappa shape index (κ1) is 36.2. The van der Waals surface area contributed by atoms with Crippen molar-refractivity contribution in [2.75, 3.05) is 55.1 Å². The van der Waals surface area contributed by atoms with Gasteiger partial charge in [-0.05, 0) is 67.6 Å². The fourth-order valence-corrected chi connectivity index (χ4v) is 6.25. The molecule has 3 heterocycles. The molecule has 0 bridgehead atoms. The number of carbonyl (C=O) groups excluding carboxylic acids is 1. The second-order valence-electron chi connectivity index (χ2n) is 12.1. The summed E-state index contributed by atoms with van der Waals surface area (Å²) in [5, 5.41) is 21.8. The number of nitriles is 1. The van der Waals surface area contributed by atoms with E-state index in [1.807, 2.05) is 24.0 Å². The predicted molar refractivity (Wildman–Crippen MR) is 177 cm³/mol. The summed E-state index contributed by atoms with van der Waals surface area (Å²) in [6.07, 6.45) is -1.66. The van der Waals surface area contributed by atoms with Gasteiger partial charge in [-0.2, -0.15) is 18.4 Å². The number of hydrogen-bond donors (Lipinski definition) is 2. The Morgan fingerprint density at radius 2 is 1.92 bits per heavy atom. The van der Waals surface area contributed by atoms with E-state index >= 15 is 0 Å². The number of carbonyl (C=O) groups is 2. The fourth-order valence-electron chi connectivity index (χ4n) is 6.25. The average Bonchev–Trinajstić information content (AvgIpc) is 3.10. The van der Waals surface area contributed by atoms with Gasteiger partial charge in [0.15, 0.2) is 0 Å². The van der Waals surface area contributed by atoms with Crippen LogP contribution in [0.25, 0.3) is 0 Å². The summed E-state index contributed by atoms with van der Waals surface area (Å²) in [6.45, 7) is 4.09. The van der Waals surface area contributed by atoms with Crippen LogP contribution in [0.3, 0.4) is 0 Å². The molecule has 0 radical (unpaired) electrons. The standard InChI is InChI=1S/C35H39F3N6O6/c1-3-25-18-28(27-19-26(48-2)7-8-30(27)44(25)34(47)50-11-5-4-6-32(45)46)41-33-40-21-31(43-9-12-49-13-10-43)29(42-33)17-22-14-23(20-39)16-24(15-22)35(36,37)38/h7-8,14-16,19,21,25,28H,3-6,9-13,17-18H2,1-2H3,(H,45,46)(H,40,41,42)/t25-,28+/m1/s1. The highest BCUT2D eigenvalue weighted by Gasteiger charge is 2.37. The molecule has 266 valence electrons. The Kier molecular flexibility index (Phi) is 11.6. The zero-order valence-electron chi connectivity index (χ0n) is 27.8. The number of nitrogens with one attached hydrogen (secondary N) is 1. The van der Waals surface area contributed by atoms with Gasteiger partial charge in [-0.1, -0.05) is 6.92 Å². The van der Waals surface area contributed by atoms with Gasteiger partial charge < -0.3 is 29.5 Å². The minimum atomic E-state index is -4.63. The number of carboxylic acids is 1. The highest BCUT2D eigenvalue weighted by atomic mass is 19.4. The highest BCUT2D eigenvalue weighted by molar-refractivity contribution is 5.90. The van der Waals surface area contributed by atoms with Crippen LogP contribution >= 0.6 is 0 Å².